The molecule has 1 aromatic rings. The molecule has 0 aliphatic rings. The van der Waals surface area contributed by atoms with E-state index >= 15 is 0 Å². The van der Waals surface area contributed by atoms with E-state index in [0.717, 1.165) is 24.5 Å². The molecular formula is C14H21ClFN. The number of unbranched alkanes of at least 4 members (excludes halogenated alkanes) is 1. The average Bonchev–Trinajstić information content (AvgIpc) is 2.30. The molecule has 1 rings (SSSR count). The van der Waals surface area contributed by atoms with Gasteiger partial charge in [-0.1, -0.05) is 23.7 Å². The van der Waals surface area contributed by atoms with E-state index in [9.17, 15) is 4.39 Å². The maximum atomic E-state index is 12.1. The van der Waals surface area contributed by atoms with Crippen LogP contribution in [0.5, 0.6) is 0 Å². The van der Waals surface area contributed by atoms with E-state index in [-0.39, 0.29) is 6.67 Å². The van der Waals surface area contributed by atoms with E-state index in [1.807, 2.05) is 24.3 Å². The third-order valence-electron chi connectivity index (χ3n) is 2.86. The van der Waals surface area contributed by atoms with Crippen LogP contribution in [-0.4, -0.2) is 24.2 Å². The van der Waals surface area contributed by atoms with Crippen LogP contribution in [0.4, 0.5) is 4.39 Å². The monoisotopic (exact) mass is 257 g/mol. The van der Waals surface area contributed by atoms with E-state index < -0.39 is 0 Å². The molecule has 0 N–H and O–H groups in total. The van der Waals surface area contributed by atoms with Crippen molar-refractivity contribution in [2.45, 2.75) is 39.3 Å². The van der Waals surface area contributed by atoms with E-state index in [4.69, 9.17) is 11.6 Å². The van der Waals surface area contributed by atoms with E-state index in [2.05, 4.69) is 18.7 Å². The first-order valence-electron chi connectivity index (χ1n) is 6.18. The lowest BCUT2D eigenvalue weighted by molar-refractivity contribution is 0.206. The summed E-state index contributed by atoms with van der Waals surface area (Å²) < 4.78 is 12.1. The van der Waals surface area contributed by atoms with Crippen LogP contribution in [0, 0.1) is 0 Å². The summed E-state index contributed by atoms with van der Waals surface area (Å²) in [4.78, 5) is 2.36. The molecule has 0 radical (unpaired) electrons. The number of benzene rings is 1. The van der Waals surface area contributed by atoms with E-state index in [1.165, 1.54) is 5.56 Å². The van der Waals surface area contributed by atoms with Gasteiger partial charge < -0.3 is 0 Å². The van der Waals surface area contributed by atoms with Crippen LogP contribution < -0.4 is 0 Å². The molecule has 17 heavy (non-hydrogen) atoms. The highest BCUT2D eigenvalue weighted by Crippen LogP contribution is 2.13. The van der Waals surface area contributed by atoms with Crippen molar-refractivity contribution in [2.75, 3.05) is 13.2 Å². The Hall–Kier alpha value is -0.600. The smallest absolute Gasteiger partial charge is 0.0894 e. The highest BCUT2D eigenvalue weighted by Gasteiger charge is 2.09. The summed E-state index contributed by atoms with van der Waals surface area (Å²) in [5.74, 6) is 0. The lowest BCUT2D eigenvalue weighted by atomic mass is 10.1. The van der Waals surface area contributed by atoms with Gasteiger partial charge in [0.05, 0.1) is 6.67 Å². The zero-order valence-electron chi connectivity index (χ0n) is 10.6. The molecule has 0 saturated carbocycles. The molecule has 0 spiro atoms. The Kier molecular flexibility index (Phi) is 6.53. The Morgan fingerprint density at radius 2 is 1.82 bits per heavy atom. The van der Waals surface area contributed by atoms with Gasteiger partial charge in [0.25, 0.3) is 0 Å². The van der Waals surface area contributed by atoms with Gasteiger partial charge in [-0.3, -0.25) is 9.29 Å². The van der Waals surface area contributed by atoms with Crippen LogP contribution in [0.1, 0.15) is 32.3 Å². The molecule has 3 heteroatoms. The van der Waals surface area contributed by atoms with Crippen molar-refractivity contribution in [2.24, 2.45) is 0 Å². The van der Waals surface area contributed by atoms with Gasteiger partial charge in [0.15, 0.2) is 0 Å². The molecule has 0 aromatic heterocycles. The van der Waals surface area contributed by atoms with E-state index in [0.29, 0.717) is 12.5 Å². The molecule has 0 bridgehead atoms. The highest BCUT2D eigenvalue weighted by molar-refractivity contribution is 6.30. The molecule has 0 aliphatic heterocycles. The van der Waals surface area contributed by atoms with Gasteiger partial charge in [0.1, 0.15) is 0 Å². The fourth-order valence-electron chi connectivity index (χ4n) is 1.75. The van der Waals surface area contributed by atoms with Crippen LogP contribution in [-0.2, 0) is 6.54 Å². The van der Waals surface area contributed by atoms with Gasteiger partial charge in [-0.15, -0.1) is 0 Å². The minimum Gasteiger partial charge on any atom is -0.297 e. The van der Waals surface area contributed by atoms with Crippen LogP contribution in [0.25, 0.3) is 0 Å². The molecule has 96 valence electrons. The number of alkyl halides is 1. The van der Waals surface area contributed by atoms with Gasteiger partial charge in [0, 0.05) is 17.6 Å². The maximum Gasteiger partial charge on any atom is 0.0894 e. The summed E-state index contributed by atoms with van der Waals surface area (Å²) in [7, 11) is 0. The minimum absolute atomic E-state index is 0.215. The summed E-state index contributed by atoms with van der Waals surface area (Å²) in [5.41, 5.74) is 1.25. The second-order valence-electron chi connectivity index (χ2n) is 4.59. The fourth-order valence-corrected chi connectivity index (χ4v) is 1.88. The molecule has 1 aromatic carbocycles. The van der Waals surface area contributed by atoms with E-state index in [1.54, 1.807) is 0 Å². The minimum atomic E-state index is -0.215. The SMILES string of the molecule is CC(C)N(CCCCF)Cc1ccc(Cl)cc1. The Labute approximate surface area is 109 Å². The number of nitrogens with zero attached hydrogens (tertiary/aromatic N) is 1. The van der Waals surface area contributed by atoms with Crippen molar-refractivity contribution in [3.63, 3.8) is 0 Å². The first kappa shape index (κ1) is 14.5. The zero-order chi connectivity index (χ0) is 12.7. The molecule has 0 aliphatic carbocycles. The van der Waals surface area contributed by atoms with Gasteiger partial charge in [-0.2, -0.15) is 0 Å². The third-order valence-corrected chi connectivity index (χ3v) is 3.11. The van der Waals surface area contributed by atoms with Crippen molar-refractivity contribution in [1.82, 2.24) is 4.90 Å². The summed E-state index contributed by atoms with van der Waals surface area (Å²) in [6, 6.07) is 8.40. The molecule has 0 saturated heterocycles. The van der Waals surface area contributed by atoms with Crippen molar-refractivity contribution >= 4 is 11.6 Å². The van der Waals surface area contributed by atoms with Crippen molar-refractivity contribution < 1.29 is 4.39 Å². The molecule has 0 unspecified atom stereocenters. The average molecular weight is 258 g/mol. The molecule has 0 fully saturated rings. The second-order valence-corrected chi connectivity index (χ2v) is 5.02. The van der Waals surface area contributed by atoms with Gasteiger partial charge in [0.2, 0.25) is 0 Å². The van der Waals surface area contributed by atoms with Gasteiger partial charge in [-0.25, -0.2) is 0 Å². The van der Waals surface area contributed by atoms with Crippen LogP contribution in [0.15, 0.2) is 24.3 Å². The summed E-state index contributed by atoms with van der Waals surface area (Å²) in [6.45, 7) is 5.98. The van der Waals surface area contributed by atoms with Crippen LogP contribution >= 0.6 is 11.6 Å². The standard InChI is InChI=1S/C14H21ClFN/c1-12(2)17(10-4-3-9-16)11-13-5-7-14(15)8-6-13/h5-8,12H,3-4,9-11H2,1-2H3. The summed E-state index contributed by atoms with van der Waals surface area (Å²) >= 11 is 5.86. The number of rotatable bonds is 7. The molecular weight excluding hydrogens is 237 g/mol. The predicted octanol–water partition coefficient (Wildman–Crippen LogP) is 4.30. The fraction of sp³-hybridized carbons (Fsp3) is 0.571. The number of hydrogen-bond donors (Lipinski definition) is 0. The van der Waals surface area contributed by atoms with Crippen molar-refractivity contribution in [3.05, 3.63) is 34.9 Å². The largest absolute Gasteiger partial charge is 0.297 e. The Bertz CT molecular complexity index is 311. The van der Waals surface area contributed by atoms with Crippen LogP contribution in [0.2, 0.25) is 5.02 Å². The molecule has 0 amide bonds. The molecule has 0 atom stereocenters. The quantitative estimate of drug-likeness (QED) is 0.659. The maximum absolute atomic E-state index is 12.1. The van der Waals surface area contributed by atoms with Crippen molar-refractivity contribution in [1.29, 1.82) is 0 Å². The summed E-state index contributed by atoms with van der Waals surface area (Å²) in [5, 5.41) is 0.766. The number of hydrogen-bond acceptors (Lipinski definition) is 1. The topological polar surface area (TPSA) is 3.24 Å². The van der Waals surface area contributed by atoms with Crippen LogP contribution in [0.3, 0.4) is 0 Å². The first-order chi connectivity index (χ1) is 8.13. The lowest BCUT2D eigenvalue weighted by Gasteiger charge is -2.26. The van der Waals surface area contributed by atoms with Gasteiger partial charge in [-0.05, 0) is 50.9 Å². The molecule has 0 heterocycles. The van der Waals surface area contributed by atoms with Gasteiger partial charge >= 0.3 is 0 Å². The second kappa shape index (κ2) is 7.67. The number of halogens is 2. The Morgan fingerprint density at radius 1 is 1.18 bits per heavy atom. The van der Waals surface area contributed by atoms with Crippen molar-refractivity contribution in [3.8, 4) is 0 Å². The third kappa shape index (κ3) is 5.51. The normalized spacial score (nSPS) is 11.4. The highest BCUT2D eigenvalue weighted by atomic mass is 35.5. The molecule has 1 nitrogen and oxygen atoms in total. The predicted molar refractivity (Wildman–Crippen MR) is 72.2 cm³/mol. The summed E-state index contributed by atoms with van der Waals surface area (Å²) in [6.07, 6.45) is 1.58. The Balaban J connectivity index is 2.51. The Morgan fingerprint density at radius 3 is 2.35 bits per heavy atom. The lowest BCUT2D eigenvalue weighted by Crippen LogP contribution is -2.31. The first-order valence-corrected chi connectivity index (χ1v) is 6.55. The zero-order valence-corrected chi connectivity index (χ0v) is 11.4.